The number of carbonyl (C=O) groups excluding carboxylic acids is 1. The van der Waals surface area contributed by atoms with E-state index in [4.69, 9.17) is 4.74 Å². The summed E-state index contributed by atoms with van der Waals surface area (Å²) in [7, 11) is 0. The van der Waals surface area contributed by atoms with Crippen LogP contribution in [-0.2, 0) is 4.79 Å². The van der Waals surface area contributed by atoms with E-state index in [2.05, 4.69) is 10.3 Å². The van der Waals surface area contributed by atoms with Gasteiger partial charge in [-0.25, -0.2) is 4.98 Å². The summed E-state index contributed by atoms with van der Waals surface area (Å²) in [6.45, 7) is 1.52. The summed E-state index contributed by atoms with van der Waals surface area (Å²) < 4.78 is 7.19. The molecule has 0 radical (unpaired) electrons. The van der Waals surface area contributed by atoms with Gasteiger partial charge in [-0.05, 0) is 18.2 Å². The molecule has 1 aromatic heterocycles. The molecule has 1 N–H and O–H groups in total. The van der Waals surface area contributed by atoms with Crippen LogP contribution >= 0.6 is 11.3 Å². The molecule has 0 fully saturated rings. The molecule has 1 amide bonds. The van der Waals surface area contributed by atoms with Crippen LogP contribution in [0.5, 0.6) is 5.75 Å². The molecule has 4 nitrogen and oxygen atoms in total. The number of ether oxygens (including phenoxy) is 1. The van der Waals surface area contributed by atoms with Crippen molar-refractivity contribution in [1.82, 2.24) is 10.3 Å². The molecule has 0 spiro atoms. The molecule has 0 aliphatic carbocycles. The Balaban J connectivity index is 1.78. The lowest BCUT2D eigenvalue weighted by Crippen LogP contribution is -2.29. The Morgan fingerprint density at radius 3 is 2.77 bits per heavy atom. The fourth-order valence-electron chi connectivity index (χ4n) is 2.79. The van der Waals surface area contributed by atoms with E-state index < -0.39 is 0 Å². The Morgan fingerprint density at radius 1 is 1.18 bits per heavy atom. The van der Waals surface area contributed by atoms with Crippen molar-refractivity contribution < 1.29 is 9.53 Å². The van der Waals surface area contributed by atoms with Gasteiger partial charge in [-0.15, -0.1) is 11.3 Å². The largest absolute Gasteiger partial charge is 0.480 e. The molecule has 0 saturated heterocycles. The number of thiazole rings is 1. The SMILES string of the molecule is CC(=O)NC1c2ccccc2OC1c1nc2ccccc2s1. The summed E-state index contributed by atoms with van der Waals surface area (Å²) in [5, 5.41) is 3.88. The minimum Gasteiger partial charge on any atom is -0.480 e. The summed E-state index contributed by atoms with van der Waals surface area (Å²) in [6, 6.07) is 15.6. The molecule has 0 bridgehead atoms. The number of fused-ring (bicyclic) bond motifs is 2. The minimum atomic E-state index is -0.279. The fourth-order valence-corrected chi connectivity index (χ4v) is 3.82. The van der Waals surface area contributed by atoms with Gasteiger partial charge in [-0.1, -0.05) is 30.3 Å². The van der Waals surface area contributed by atoms with Crippen molar-refractivity contribution in [3.05, 3.63) is 59.1 Å². The van der Waals surface area contributed by atoms with E-state index in [0.717, 1.165) is 26.5 Å². The van der Waals surface area contributed by atoms with Crippen LogP contribution in [0.15, 0.2) is 48.5 Å². The first-order valence-corrected chi connectivity index (χ1v) is 7.92. The molecule has 2 aromatic carbocycles. The number of hydrogen-bond donors (Lipinski definition) is 1. The first-order valence-electron chi connectivity index (χ1n) is 7.10. The van der Waals surface area contributed by atoms with Crippen LogP contribution in [0.2, 0.25) is 0 Å². The second-order valence-electron chi connectivity index (χ2n) is 5.27. The van der Waals surface area contributed by atoms with E-state index in [9.17, 15) is 4.79 Å². The second-order valence-corrected chi connectivity index (χ2v) is 6.34. The van der Waals surface area contributed by atoms with Crippen molar-refractivity contribution in [3.8, 4) is 5.75 Å². The fraction of sp³-hybridized carbons (Fsp3) is 0.176. The first kappa shape index (κ1) is 13.3. The van der Waals surface area contributed by atoms with Gasteiger partial charge in [0.15, 0.2) is 6.10 Å². The predicted octanol–water partition coefficient (Wildman–Crippen LogP) is 3.61. The van der Waals surface area contributed by atoms with E-state index in [1.807, 2.05) is 48.5 Å². The molecule has 5 heteroatoms. The number of nitrogens with one attached hydrogen (secondary N) is 1. The maximum atomic E-state index is 11.6. The van der Waals surface area contributed by atoms with E-state index in [0.29, 0.717) is 0 Å². The molecule has 2 unspecified atom stereocenters. The van der Waals surface area contributed by atoms with Gasteiger partial charge in [-0.3, -0.25) is 4.79 Å². The van der Waals surface area contributed by atoms with Gasteiger partial charge in [0.25, 0.3) is 0 Å². The highest BCUT2D eigenvalue weighted by atomic mass is 32.1. The molecular weight excluding hydrogens is 296 g/mol. The van der Waals surface area contributed by atoms with Gasteiger partial charge < -0.3 is 10.1 Å². The van der Waals surface area contributed by atoms with Crippen LogP contribution in [0, 0.1) is 0 Å². The third kappa shape index (κ3) is 2.14. The van der Waals surface area contributed by atoms with Gasteiger partial charge in [0, 0.05) is 12.5 Å². The monoisotopic (exact) mass is 310 g/mol. The predicted molar refractivity (Wildman–Crippen MR) is 86.0 cm³/mol. The van der Waals surface area contributed by atoms with Crippen molar-refractivity contribution >= 4 is 27.5 Å². The number of hydrogen-bond acceptors (Lipinski definition) is 4. The van der Waals surface area contributed by atoms with Crippen LogP contribution in [0.25, 0.3) is 10.2 Å². The van der Waals surface area contributed by atoms with Gasteiger partial charge in [-0.2, -0.15) is 0 Å². The van der Waals surface area contributed by atoms with Crippen molar-refractivity contribution in [2.45, 2.75) is 19.1 Å². The summed E-state index contributed by atoms with van der Waals surface area (Å²) >= 11 is 1.61. The van der Waals surface area contributed by atoms with E-state index in [-0.39, 0.29) is 18.1 Å². The lowest BCUT2D eigenvalue weighted by molar-refractivity contribution is -0.120. The molecule has 1 aliphatic heterocycles. The molecule has 2 atom stereocenters. The van der Waals surface area contributed by atoms with Gasteiger partial charge in [0.05, 0.1) is 10.2 Å². The molecule has 22 heavy (non-hydrogen) atoms. The highest BCUT2D eigenvalue weighted by Gasteiger charge is 2.37. The summed E-state index contributed by atoms with van der Waals surface area (Å²) in [4.78, 5) is 16.3. The van der Waals surface area contributed by atoms with Crippen molar-refractivity contribution in [2.24, 2.45) is 0 Å². The minimum absolute atomic E-state index is 0.0728. The molecule has 110 valence electrons. The number of para-hydroxylation sites is 2. The van der Waals surface area contributed by atoms with Gasteiger partial charge in [0.1, 0.15) is 16.8 Å². The summed E-state index contributed by atoms with van der Waals surface area (Å²) in [5.41, 5.74) is 1.96. The average Bonchev–Trinajstić information content (AvgIpc) is 3.08. The standard InChI is InChI=1S/C17H14N2O2S/c1-10(20)18-15-11-6-2-4-8-13(11)21-16(15)17-19-12-7-3-5-9-14(12)22-17/h2-9,15-16H,1H3,(H,18,20). The number of benzene rings is 2. The van der Waals surface area contributed by atoms with Crippen molar-refractivity contribution in [1.29, 1.82) is 0 Å². The Labute approximate surface area is 131 Å². The Morgan fingerprint density at radius 2 is 1.95 bits per heavy atom. The number of carbonyl (C=O) groups is 1. The molecule has 0 saturated carbocycles. The lowest BCUT2D eigenvalue weighted by atomic mass is 10.0. The molecule has 2 heterocycles. The van der Waals surface area contributed by atoms with Crippen LogP contribution in [0.3, 0.4) is 0 Å². The summed E-state index contributed by atoms with van der Waals surface area (Å²) in [5.74, 6) is 0.738. The lowest BCUT2D eigenvalue weighted by Gasteiger charge is -2.17. The zero-order valence-corrected chi connectivity index (χ0v) is 12.8. The average molecular weight is 310 g/mol. The molecule has 4 rings (SSSR count). The van der Waals surface area contributed by atoms with Crippen LogP contribution in [-0.4, -0.2) is 10.9 Å². The number of nitrogens with zero attached hydrogens (tertiary/aromatic N) is 1. The Hall–Kier alpha value is -2.40. The molecule has 1 aliphatic rings. The van der Waals surface area contributed by atoms with E-state index in [1.54, 1.807) is 11.3 Å². The van der Waals surface area contributed by atoms with Gasteiger partial charge in [0.2, 0.25) is 5.91 Å². The zero-order chi connectivity index (χ0) is 15.1. The maximum Gasteiger partial charge on any atom is 0.217 e. The highest BCUT2D eigenvalue weighted by molar-refractivity contribution is 7.18. The maximum absolute atomic E-state index is 11.6. The number of aromatic nitrogens is 1. The van der Waals surface area contributed by atoms with Gasteiger partial charge >= 0.3 is 0 Å². The zero-order valence-electron chi connectivity index (χ0n) is 11.9. The molecular formula is C17H14N2O2S. The smallest absolute Gasteiger partial charge is 0.217 e. The second kappa shape index (κ2) is 5.10. The third-order valence-electron chi connectivity index (χ3n) is 3.72. The van der Waals surface area contributed by atoms with Crippen molar-refractivity contribution in [3.63, 3.8) is 0 Å². The van der Waals surface area contributed by atoms with E-state index in [1.165, 1.54) is 6.92 Å². The van der Waals surface area contributed by atoms with E-state index >= 15 is 0 Å². The normalized spacial score (nSPS) is 19.7. The topological polar surface area (TPSA) is 51.2 Å². The van der Waals surface area contributed by atoms with Crippen LogP contribution in [0.1, 0.15) is 29.6 Å². The Bertz CT molecular complexity index is 825. The number of amides is 1. The first-order chi connectivity index (χ1) is 10.7. The van der Waals surface area contributed by atoms with Crippen LogP contribution < -0.4 is 10.1 Å². The molecule has 3 aromatic rings. The van der Waals surface area contributed by atoms with Crippen molar-refractivity contribution in [2.75, 3.05) is 0 Å². The summed E-state index contributed by atoms with van der Waals surface area (Å²) in [6.07, 6.45) is -0.279. The highest BCUT2D eigenvalue weighted by Crippen LogP contribution is 2.45. The quantitative estimate of drug-likeness (QED) is 0.786. The third-order valence-corrected chi connectivity index (χ3v) is 4.82. The van der Waals surface area contributed by atoms with Crippen LogP contribution in [0.4, 0.5) is 0 Å². The number of rotatable bonds is 2. The Kier molecular flexibility index (Phi) is 3.08.